The first-order valence-corrected chi connectivity index (χ1v) is 6.67. The van der Waals surface area contributed by atoms with Crippen molar-refractivity contribution >= 4 is 0 Å². The van der Waals surface area contributed by atoms with Gasteiger partial charge in [0, 0.05) is 24.4 Å². The average molecular weight is 275 g/mol. The van der Waals surface area contributed by atoms with E-state index in [0.717, 1.165) is 36.0 Å². The quantitative estimate of drug-likeness (QED) is 0.879. The van der Waals surface area contributed by atoms with E-state index in [-0.39, 0.29) is 0 Å². The monoisotopic (exact) mass is 275 g/mol. The summed E-state index contributed by atoms with van der Waals surface area (Å²) in [6, 6.07) is 5.68. The van der Waals surface area contributed by atoms with Crippen LogP contribution < -0.4 is 14.8 Å². The smallest absolute Gasteiger partial charge is 0.144 e. The van der Waals surface area contributed by atoms with Crippen molar-refractivity contribution in [2.24, 2.45) is 0 Å². The molecule has 108 valence electrons. The Bertz CT molecular complexity index is 578. The lowest BCUT2D eigenvalue weighted by Crippen LogP contribution is -2.11. The van der Waals surface area contributed by atoms with Crippen molar-refractivity contribution in [1.29, 1.82) is 0 Å². The summed E-state index contributed by atoms with van der Waals surface area (Å²) in [5, 5.41) is 7.87. The third kappa shape index (κ3) is 2.93. The van der Waals surface area contributed by atoms with Crippen LogP contribution in [0.1, 0.15) is 18.2 Å². The molecule has 0 unspecified atom stereocenters. The number of rotatable bonds is 6. The maximum Gasteiger partial charge on any atom is 0.144 e. The Morgan fingerprint density at radius 1 is 1.25 bits per heavy atom. The number of aryl methyl sites for hydroxylation is 1. The number of ether oxygens (including phenoxy) is 2. The topological polar surface area (TPSA) is 48.3 Å². The maximum atomic E-state index is 5.40. The molecule has 1 aromatic heterocycles. The van der Waals surface area contributed by atoms with Gasteiger partial charge in [0.2, 0.25) is 0 Å². The van der Waals surface area contributed by atoms with Crippen LogP contribution in [0.5, 0.6) is 11.5 Å². The molecule has 0 aliphatic carbocycles. The van der Waals surface area contributed by atoms with Crippen molar-refractivity contribution in [3.05, 3.63) is 35.7 Å². The van der Waals surface area contributed by atoms with E-state index in [0.29, 0.717) is 0 Å². The summed E-state index contributed by atoms with van der Waals surface area (Å²) in [6.45, 7) is 5.85. The number of nitrogens with zero attached hydrogens (tertiary/aromatic N) is 2. The van der Waals surface area contributed by atoms with Crippen molar-refractivity contribution in [3.63, 3.8) is 0 Å². The van der Waals surface area contributed by atoms with Crippen molar-refractivity contribution in [2.45, 2.75) is 20.4 Å². The van der Waals surface area contributed by atoms with E-state index in [1.807, 2.05) is 36.0 Å². The molecule has 0 saturated heterocycles. The molecule has 1 heterocycles. The summed E-state index contributed by atoms with van der Waals surface area (Å²) in [5.41, 5.74) is 3.06. The highest BCUT2D eigenvalue weighted by Crippen LogP contribution is 2.27. The van der Waals surface area contributed by atoms with E-state index >= 15 is 0 Å². The summed E-state index contributed by atoms with van der Waals surface area (Å²) in [6.07, 6.45) is 2.02. The molecule has 0 saturated carbocycles. The van der Waals surface area contributed by atoms with Crippen LogP contribution in [0.15, 0.2) is 24.4 Å². The number of nitrogens with one attached hydrogen (secondary N) is 1. The fourth-order valence-electron chi connectivity index (χ4n) is 2.03. The molecule has 0 atom stereocenters. The first kappa shape index (κ1) is 14.4. The van der Waals surface area contributed by atoms with E-state index < -0.39 is 0 Å². The van der Waals surface area contributed by atoms with Gasteiger partial charge in [0.25, 0.3) is 0 Å². The molecular weight excluding hydrogens is 254 g/mol. The molecule has 0 radical (unpaired) electrons. The zero-order chi connectivity index (χ0) is 14.5. The summed E-state index contributed by atoms with van der Waals surface area (Å²) in [5.74, 6) is 1.55. The van der Waals surface area contributed by atoms with Crippen molar-refractivity contribution < 1.29 is 9.47 Å². The van der Waals surface area contributed by atoms with Crippen LogP contribution in [0.4, 0.5) is 0 Å². The van der Waals surface area contributed by atoms with E-state index in [2.05, 4.69) is 17.3 Å². The van der Waals surface area contributed by atoms with Gasteiger partial charge in [-0.2, -0.15) is 5.10 Å². The molecule has 20 heavy (non-hydrogen) atoms. The molecule has 0 spiro atoms. The fraction of sp³-hybridized carbons (Fsp3) is 0.400. The van der Waals surface area contributed by atoms with E-state index in [1.54, 1.807) is 14.2 Å². The molecule has 0 aliphatic rings. The summed E-state index contributed by atoms with van der Waals surface area (Å²) in [4.78, 5) is 0. The maximum absolute atomic E-state index is 5.40. The number of benzene rings is 1. The highest BCUT2D eigenvalue weighted by Gasteiger charge is 2.11. The Balaban J connectivity index is 2.39. The average Bonchev–Trinajstić information content (AvgIpc) is 2.85. The third-order valence-corrected chi connectivity index (χ3v) is 3.20. The van der Waals surface area contributed by atoms with Crippen LogP contribution in [0.2, 0.25) is 0 Å². The van der Waals surface area contributed by atoms with Gasteiger partial charge >= 0.3 is 0 Å². The van der Waals surface area contributed by atoms with Gasteiger partial charge in [-0.15, -0.1) is 0 Å². The molecule has 5 heteroatoms. The third-order valence-electron chi connectivity index (χ3n) is 3.20. The van der Waals surface area contributed by atoms with Gasteiger partial charge in [-0.05, 0) is 25.6 Å². The Labute approximate surface area is 119 Å². The summed E-state index contributed by atoms with van der Waals surface area (Å²) in [7, 11) is 3.30. The number of hydrogen-bond acceptors (Lipinski definition) is 4. The standard InChI is InChI=1S/C15H21N3O2/c1-5-16-9-12-10-18(17-11(12)2)14-8-13(19-3)6-7-15(14)20-4/h6-8,10,16H,5,9H2,1-4H3. The van der Waals surface area contributed by atoms with Crippen molar-refractivity contribution in [2.75, 3.05) is 20.8 Å². The molecule has 1 aromatic carbocycles. The number of hydrogen-bond donors (Lipinski definition) is 1. The van der Waals surface area contributed by atoms with Gasteiger partial charge in [-0.25, -0.2) is 4.68 Å². The van der Waals surface area contributed by atoms with Crippen LogP contribution in [-0.4, -0.2) is 30.5 Å². The Morgan fingerprint density at radius 3 is 2.70 bits per heavy atom. The molecule has 2 rings (SSSR count). The van der Waals surface area contributed by atoms with Crippen molar-refractivity contribution in [3.8, 4) is 17.2 Å². The normalized spacial score (nSPS) is 10.6. The van der Waals surface area contributed by atoms with Gasteiger partial charge in [-0.3, -0.25) is 0 Å². The highest BCUT2D eigenvalue weighted by molar-refractivity contribution is 5.51. The lowest BCUT2D eigenvalue weighted by atomic mass is 10.2. The predicted octanol–water partition coefficient (Wildman–Crippen LogP) is 2.31. The lowest BCUT2D eigenvalue weighted by molar-refractivity contribution is 0.400. The molecule has 0 amide bonds. The van der Waals surface area contributed by atoms with Crippen molar-refractivity contribution in [1.82, 2.24) is 15.1 Å². The van der Waals surface area contributed by atoms with E-state index in [4.69, 9.17) is 9.47 Å². The zero-order valence-electron chi connectivity index (χ0n) is 12.4. The highest BCUT2D eigenvalue weighted by atomic mass is 16.5. The molecule has 0 aliphatic heterocycles. The zero-order valence-corrected chi connectivity index (χ0v) is 12.4. The Kier molecular flexibility index (Phi) is 4.63. The Hall–Kier alpha value is -2.01. The van der Waals surface area contributed by atoms with E-state index in [9.17, 15) is 0 Å². The van der Waals surface area contributed by atoms with Crippen LogP contribution in [-0.2, 0) is 6.54 Å². The minimum absolute atomic E-state index is 0.767. The van der Waals surface area contributed by atoms with Crippen LogP contribution in [0.25, 0.3) is 5.69 Å². The second kappa shape index (κ2) is 6.43. The second-order valence-electron chi connectivity index (χ2n) is 4.50. The first-order chi connectivity index (χ1) is 9.69. The SMILES string of the molecule is CCNCc1cn(-c2cc(OC)ccc2OC)nc1C. The Morgan fingerprint density at radius 2 is 2.05 bits per heavy atom. The lowest BCUT2D eigenvalue weighted by Gasteiger charge is -2.10. The minimum Gasteiger partial charge on any atom is -0.497 e. The molecule has 0 fully saturated rings. The van der Waals surface area contributed by atoms with Gasteiger partial charge < -0.3 is 14.8 Å². The number of methoxy groups -OCH3 is 2. The number of aromatic nitrogens is 2. The predicted molar refractivity (Wildman–Crippen MR) is 78.8 cm³/mol. The van der Waals surface area contributed by atoms with Crippen LogP contribution in [0, 0.1) is 6.92 Å². The fourth-order valence-corrected chi connectivity index (χ4v) is 2.03. The molecule has 5 nitrogen and oxygen atoms in total. The largest absolute Gasteiger partial charge is 0.497 e. The van der Waals surface area contributed by atoms with E-state index in [1.165, 1.54) is 5.56 Å². The van der Waals surface area contributed by atoms with Gasteiger partial charge in [0.1, 0.15) is 17.2 Å². The minimum atomic E-state index is 0.767. The van der Waals surface area contributed by atoms with Crippen LogP contribution in [0.3, 0.4) is 0 Å². The molecule has 0 bridgehead atoms. The second-order valence-corrected chi connectivity index (χ2v) is 4.50. The first-order valence-electron chi connectivity index (χ1n) is 6.67. The summed E-state index contributed by atoms with van der Waals surface area (Å²) < 4.78 is 12.5. The van der Waals surface area contributed by atoms with Gasteiger partial charge in [-0.1, -0.05) is 6.92 Å². The van der Waals surface area contributed by atoms with Crippen LogP contribution >= 0.6 is 0 Å². The van der Waals surface area contributed by atoms with Gasteiger partial charge in [0.05, 0.1) is 19.9 Å². The van der Waals surface area contributed by atoms with Gasteiger partial charge in [0.15, 0.2) is 0 Å². The molecule has 1 N–H and O–H groups in total. The molecular formula is C15H21N3O2. The summed E-state index contributed by atoms with van der Waals surface area (Å²) >= 11 is 0. The molecule has 2 aromatic rings.